The number of para-hydroxylation sites is 1. The molecule has 0 radical (unpaired) electrons. The lowest BCUT2D eigenvalue weighted by molar-refractivity contribution is -0.168. The van der Waals surface area contributed by atoms with Gasteiger partial charge in [-0.1, -0.05) is 24.8 Å². The molecule has 46 heavy (non-hydrogen) atoms. The molecule has 0 aliphatic carbocycles. The van der Waals surface area contributed by atoms with Crippen molar-refractivity contribution in [2.75, 3.05) is 62.8 Å². The van der Waals surface area contributed by atoms with Crippen molar-refractivity contribution in [3.05, 3.63) is 53.7 Å². The molecule has 3 fully saturated rings. The van der Waals surface area contributed by atoms with Crippen LogP contribution >= 0.6 is 0 Å². The molecule has 0 spiro atoms. The number of ether oxygens (including phenoxy) is 3. The number of fused-ring (bicyclic) bond motifs is 1. The quantitative estimate of drug-likeness (QED) is 0.357. The van der Waals surface area contributed by atoms with Crippen LogP contribution in [0.2, 0.25) is 0 Å². The van der Waals surface area contributed by atoms with Crippen LogP contribution in [-0.4, -0.2) is 97.0 Å². The van der Waals surface area contributed by atoms with Gasteiger partial charge in [0.2, 0.25) is 5.91 Å². The van der Waals surface area contributed by atoms with Gasteiger partial charge in [-0.15, -0.1) is 0 Å². The highest BCUT2D eigenvalue weighted by molar-refractivity contribution is 5.87. The summed E-state index contributed by atoms with van der Waals surface area (Å²) in [5, 5.41) is 9.58. The second kappa shape index (κ2) is 15.2. The number of piperazine rings is 1. The topological polar surface area (TPSA) is 107 Å². The Balaban J connectivity index is 1.28. The largest absolute Gasteiger partial charge is 0.462 e. The van der Waals surface area contributed by atoms with Crippen LogP contribution in [0.1, 0.15) is 61.8 Å². The van der Waals surface area contributed by atoms with Crippen LogP contribution in [0.5, 0.6) is 6.01 Å². The Hall–Kier alpha value is -3.72. The lowest BCUT2D eigenvalue weighted by atomic mass is 10.1. The molecule has 3 atom stereocenters. The minimum absolute atomic E-state index is 0.139. The molecule has 1 unspecified atom stereocenters. The highest BCUT2D eigenvalue weighted by Gasteiger charge is 2.33. The molecule has 0 N–H and O–H groups in total. The summed E-state index contributed by atoms with van der Waals surface area (Å²) in [5.41, 5.74) is 4.37. The number of benzene rings is 1. The van der Waals surface area contributed by atoms with Gasteiger partial charge in [0.05, 0.1) is 37.4 Å². The first-order chi connectivity index (χ1) is 22.5. The van der Waals surface area contributed by atoms with Gasteiger partial charge in [0.25, 0.3) is 0 Å². The molecule has 11 nitrogen and oxygen atoms in total. The maximum Gasteiger partial charge on any atom is 0.318 e. The molecule has 11 heteroatoms. The number of rotatable bonds is 10. The number of amides is 1. The van der Waals surface area contributed by atoms with E-state index in [2.05, 4.69) is 58.7 Å². The molecule has 0 saturated carbocycles. The lowest BCUT2D eigenvalue weighted by Gasteiger charge is -2.41. The van der Waals surface area contributed by atoms with Crippen LogP contribution in [0.15, 0.2) is 36.9 Å². The zero-order chi connectivity index (χ0) is 31.9. The normalized spacial score (nSPS) is 23.8. The second-order valence-corrected chi connectivity index (χ2v) is 12.8. The Labute approximate surface area is 272 Å². The van der Waals surface area contributed by atoms with E-state index in [9.17, 15) is 10.1 Å². The van der Waals surface area contributed by atoms with E-state index < -0.39 is 0 Å². The van der Waals surface area contributed by atoms with Gasteiger partial charge in [0.15, 0.2) is 6.29 Å². The van der Waals surface area contributed by atoms with Crippen molar-refractivity contribution in [3.63, 3.8) is 0 Å². The third-order valence-corrected chi connectivity index (χ3v) is 9.78. The molecular weight excluding hydrogens is 582 g/mol. The summed E-state index contributed by atoms with van der Waals surface area (Å²) < 4.78 is 18.4. The Bertz CT molecular complexity index is 1410. The van der Waals surface area contributed by atoms with E-state index in [1.54, 1.807) is 4.90 Å². The first-order valence-electron chi connectivity index (χ1n) is 16.9. The first-order valence-corrected chi connectivity index (χ1v) is 16.9. The molecule has 246 valence electrons. The molecule has 4 aliphatic rings. The van der Waals surface area contributed by atoms with E-state index in [1.165, 1.54) is 12.5 Å². The summed E-state index contributed by atoms with van der Waals surface area (Å²) in [4.78, 5) is 31.4. The molecule has 0 bridgehead atoms. The van der Waals surface area contributed by atoms with Gasteiger partial charge in [-0.3, -0.25) is 4.79 Å². The van der Waals surface area contributed by atoms with Crippen molar-refractivity contribution in [1.82, 2.24) is 19.8 Å². The molecule has 1 amide bonds. The lowest BCUT2D eigenvalue weighted by Crippen LogP contribution is -2.55. The number of hydrogen-bond acceptors (Lipinski definition) is 10. The molecule has 1 aromatic carbocycles. The van der Waals surface area contributed by atoms with E-state index in [-0.39, 0.29) is 24.7 Å². The monoisotopic (exact) mass is 629 g/mol. The van der Waals surface area contributed by atoms with E-state index >= 15 is 0 Å². The average molecular weight is 630 g/mol. The van der Waals surface area contributed by atoms with Crippen molar-refractivity contribution in [1.29, 1.82) is 5.26 Å². The smallest absolute Gasteiger partial charge is 0.318 e. The van der Waals surface area contributed by atoms with Crippen LogP contribution in [0.3, 0.4) is 0 Å². The van der Waals surface area contributed by atoms with Gasteiger partial charge in [-0.05, 0) is 70.7 Å². The third kappa shape index (κ3) is 7.46. The molecule has 4 aliphatic heterocycles. The van der Waals surface area contributed by atoms with Gasteiger partial charge in [-0.2, -0.15) is 15.2 Å². The van der Waals surface area contributed by atoms with Gasteiger partial charge in [0.1, 0.15) is 12.4 Å². The summed E-state index contributed by atoms with van der Waals surface area (Å²) >= 11 is 0. The number of likely N-dealkylation sites (tertiary alicyclic amines) is 1. The Morgan fingerprint density at radius 3 is 2.76 bits per heavy atom. The molecule has 2 aromatic rings. The Kier molecular flexibility index (Phi) is 10.7. The van der Waals surface area contributed by atoms with Crippen molar-refractivity contribution in [3.8, 4) is 12.1 Å². The average Bonchev–Trinajstić information content (AvgIpc) is 3.38. The van der Waals surface area contributed by atoms with Crippen molar-refractivity contribution >= 4 is 17.4 Å². The van der Waals surface area contributed by atoms with Crippen molar-refractivity contribution < 1.29 is 19.0 Å². The zero-order valence-corrected chi connectivity index (χ0v) is 27.1. The number of hydrogen-bond donors (Lipinski definition) is 0. The summed E-state index contributed by atoms with van der Waals surface area (Å²) in [6.45, 7) is 9.68. The van der Waals surface area contributed by atoms with Crippen LogP contribution in [0.4, 0.5) is 11.5 Å². The second-order valence-electron chi connectivity index (χ2n) is 12.8. The fourth-order valence-electron chi connectivity index (χ4n) is 7.18. The fraction of sp³-hybridized carbons (Fsp3) is 0.600. The SMILES string of the molecule is C=CC(=O)N1CCN(c2nc(OC[C@@H]3CCCN3C)nc3c2CCCN(c2ccccc2COC2CCCCO2)C3)C[C@@H]1CC#N. The Morgan fingerprint density at radius 2 is 1.98 bits per heavy atom. The van der Waals surface area contributed by atoms with E-state index in [0.717, 1.165) is 86.5 Å². The predicted molar refractivity (Wildman–Crippen MR) is 176 cm³/mol. The summed E-state index contributed by atoms with van der Waals surface area (Å²) in [5.74, 6) is 0.723. The number of carbonyl (C=O) groups is 1. The maximum absolute atomic E-state index is 12.6. The van der Waals surface area contributed by atoms with Crippen LogP contribution in [0, 0.1) is 11.3 Å². The molecule has 1 aromatic heterocycles. The number of anilines is 2. The molecule has 3 saturated heterocycles. The maximum atomic E-state index is 12.6. The highest BCUT2D eigenvalue weighted by atomic mass is 16.7. The molecule has 5 heterocycles. The standard InChI is InChI=1S/C35H47N7O4/c1-3-32(43)42-20-19-41(22-27(42)15-16-36)34-29-12-9-18-40(23-30(29)37-35(38-34)46-25-28-11-8-17-39(28)2)31-13-5-4-10-26(31)24-45-33-14-6-7-21-44-33/h3-5,10,13,27-28,33H,1,6-9,11-12,14-15,17-25H2,2H3/t27-,28-,33?/m0/s1. The summed E-state index contributed by atoms with van der Waals surface area (Å²) in [6, 6.07) is 11.2. The van der Waals surface area contributed by atoms with Crippen molar-refractivity contribution in [2.24, 2.45) is 0 Å². The van der Waals surface area contributed by atoms with Gasteiger partial charge < -0.3 is 33.8 Å². The van der Waals surface area contributed by atoms with Crippen LogP contribution < -0.4 is 14.5 Å². The van der Waals surface area contributed by atoms with Crippen LogP contribution in [-0.2, 0) is 33.8 Å². The van der Waals surface area contributed by atoms with Gasteiger partial charge in [0, 0.05) is 55.6 Å². The number of nitriles is 1. The fourth-order valence-corrected chi connectivity index (χ4v) is 7.18. The third-order valence-electron chi connectivity index (χ3n) is 9.78. The zero-order valence-electron chi connectivity index (χ0n) is 27.1. The highest BCUT2D eigenvalue weighted by Crippen LogP contribution is 2.33. The van der Waals surface area contributed by atoms with E-state index in [1.807, 2.05) is 0 Å². The van der Waals surface area contributed by atoms with Crippen LogP contribution in [0.25, 0.3) is 0 Å². The molecular formula is C35H47N7O4. The minimum atomic E-state index is -0.242. The number of aromatic nitrogens is 2. The summed E-state index contributed by atoms with van der Waals surface area (Å²) in [6.07, 6.45) is 8.64. The van der Waals surface area contributed by atoms with E-state index in [0.29, 0.717) is 51.4 Å². The Morgan fingerprint density at radius 1 is 1.09 bits per heavy atom. The summed E-state index contributed by atoms with van der Waals surface area (Å²) in [7, 11) is 2.14. The number of nitrogens with zero attached hydrogens (tertiary/aromatic N) is 7. The van der Waals surface area contributed by atoms with Gasteiger partial charge in [-0.25, -0.2) is 0 Å². The van der Waals surface area contributed by atoms with E-state index in [4.69, 9.17) is 24.2 Å². The molecule has 6 rings (SSSR count). The predicted octanol–water partition coefficient (Wildman–Crippen LogP) is 4.06. The van der Waals surface area contributed by atoms with Gasteiger partial charge >= 0.3 is 6.01 Å². The number of carbonyl (C=O) groups excluding carboxylic acids is 1. The van der Waals surface area contributed by atoms with Crippen molar-refractivity contribution in [2.45, 2.75) is 82.9 Å². The number of likely N-dealkylation sites (N-methyl/N-ethyl adjacent to an activating group) is 1. The minimum Gasteiger partial charge on any atom is -0.462 e. The first kappa shape index (κ1) is 32.2.